The fraction of sp³-hybridized carbons (Fsp3) is 0.462. The van der Waals surface area contributed by atoms with Gasteiger partial charge in [0, 0.05) is 12.1 Å². The summed E-state index contributed by atoms with van der Waals surface area (Å²) in [5.74, 6) is 5.61. The topological polar surface area (TPSA) is 55.1 Å². The van der Waals surface area contributed by atoms with Crippen LogP contribution in [0.3, 0.4) is 0 Å². The molecule has 92 valence electrons. The number of carbonyl (C=O) groups is 1. The number of hydrogen-bond acceptors (Lipinski definition) is 3. The average Bonchev–Trinajstić information content (AvgIpc) is 2.70. The SMILES string of the molecule is CC(C)(C)CNC(=O)c1sccc1C#CCN. The summed E-state index contributed by atoms with van der Waals surface area (Å²) in [4.78, 5) is 12.6. The molecule has 0 saturated carbocycles. The monoisotopic (exact) mass is 250 g/mol. The van der Waals surface area contributed by atoms with Crippen LogP contribution in [0.5, 0.6) is 0 Å². The van der Waals surface area contributed by atoms with Crippen molar-refractivity contribution in [1.82, 2.24) is 5.32 Å². The Morgan fingerprint density at radius 2 is 2.24 bits per heavy atom. The fourth-order valence-corrected chi connectivity index (χ4v) is 1.92. The highest BCUT2D eigenvalue weighted by Gasteiger charge is 2.15. The lowest BCUT2D eigenvalue weighted by Gasteiger charge is -2.18. The maximum Gasteiger partial charge on any atom is 0.262 e. The molecule has 0 saturated heterocycles. The van der Waals surface area contributed by atoms with Crippen LogP contribution >= 0.6 is 11.3 Å². The number of amides is 1. The summed E-state index contributed by atoms with van der Waals surface area (Å²) in [6.45, 7) is 7.19. The van der Waals surface area contributed by atoms with Crippen molar-refractivity contribution >= 4 is 17.2 Å². The highest BCUT2D eigenvalue weighted by molar-refractivity contribution is 7.12. The van der Waals surface area contributed by atoms with Gasteiger partial charge in [-0.25, -0.2) is 0 Å². The lowest BCUT2D eigenvalue weighted by atomic mass is 9.97. The number of thiophene rings is 1. The van der Waals surface area contributed by atoms with Crippen molar-refractivity contribution in [2.45, 2.75) is 20.8 Å². The van der Waals surface area contributed by atoms with E-state index in [2.05, 4.69) is 37.9 Å². The van der Waals surface area contributed by atoms with Crippen LogP contribution in [0.4, 0.5) is 0 Å². The largest absolute Gasteiger partial charge is 0.351 e. The van der Waals surface area contributed by atoms with Gasteiger partial charge < -0.3 is 11.1 Å². The van der Waals surface area contributed by atoms with Crippen LogP contribution in [-0.2, 0) is 0 Å². The van der Waals surface area contributed by atoms with E-state index in [1.54, 1.807) is 0 Å². The second-order valence-corrected chi connectivity index (χ2v) is 5.83. The molecule has 0 bridgehead atoms. The fourth-order valence-electron chi connectivity index (χ4n) is 1.16. The number of carbonyl (C=O) groups excluding carboxylic acids is 1. The van der Waals surface area contributed by atoms with E-state index in [1.165, 1.54) is 11.3 Å². The first-order valence-electron chi connectivity index (χ1n) is 5.48. The molecule has 17 heavy (non-hydrogen) atoms. The smallest absolute Gasteiger partial charge is 0.262 e. The molecule has 0 fully saturated rings. The Bertz CT molecular complexity index is 446. The quantitative estimate of drug-likeness (QED) is 0.787. The average molecular weight is 250 g/mol. The van der Waals surface area contributed by atoms with Crippen LogP contribution in [0.1, 0.15) is 36.0 Å². The van der Waals surface area contributed by atoms with Gasteiger partial charge in [-0.2, -0.15) is 0 Å². The molecule has 0 aliphatic rings. The van der Waals surface area contributed by atoms with Gasteiger partial charge in [-0.05, 0) is 16.9 Å². The van der Waals surface area contributed by atoms with Crippen LogP contribution in [0.25, 0.3) is 0 Å². The minimum Gasteiger partial charge on any atom is -0.351 e. The van der Waals surface area contributed by atoms with Crippen molar-refractivity contribution in [2.24, 2.45) is 11.1 Å². The first-order chi connectivity index (χ1) is 7.94. The number of nitrogens with two attached hydrogens (primary N) is 1. The highest BCUT2D eigenvalue weighted by Crippen LogP contribution is 2.17. The molecule has 0 aliphatic heterocycles. The zero-order valence-electron chi connectivity index (χ0n) is 10.5. The second kappa shape index (κ2) is 5.85. The third-order valence-corrected chi connectivity index (χ3v) is 2.89. The minimum atomic E-state index is -0.0590. The van der Waals surface area contributed by atoms with Crippen LogP contribution < -0.4 is 11.1 Å². The molecule has 1 aromatic rings. The number of nitrogens with one attached hydrogen (secondary N) is 1. The van der Waals surface area contributed by atoms with Gasteiger partial charge in [0.25, 0.3) is 5.91 Å². The van der Waals surface area contributed by atoms with Crippen LogP contribution in [0.2, 0.25) is 0 Å². The Labute approximate surface area is 106 Å². The van der Waals surface area contributed by atoms with E-state index in [0.29, 0.717) is 18.0 Å². The van der Waals surface area contributed by atoms with E-state index in [4.69, 9.17) is 5.73 Å². The van der Waals surface area contributed by atoms with Gasteiger partial charge >= 0.3 is 0 Å². The summed E-state index contributed by atoms with van der Waals surface area (Å²) in [5.41, 5.74) is 6.15. The van der Waals surface area contributed by atoms with Gasteiger partial charge in [0.1, 0.15) is 4.88 Å². The standard InChI is InChI=1S/C13H18N2OS/c1-13(2,3)9-15-12(16)11-10(5-4-7-14)6-8-17-11/h6,8H,7,9,14H2,1-3H3,(H,15,16). The lowest BCUT2D eigenvalue weighted by Crippen LogP contribution is -2.32. The van der Waals surface area contributed by atoms with Gasteiger partial charge in [-0.15, -0.1) is 11.3 Å². The molecule has 1 aromatic heterocycles. The summed E-state index contributed by atoms with van der Waals surface area (Å²) in [7, 11) is 0. The molecule has 3 nitrogen and oxygen atoms in total. The predicted molar refractivity (Wildman–Crippen MR) is 72.0 cm³/mol. The summed E-state index contributed by atoms with van der Waals surface area (Å²) < 4.78 is 0. The summed E-state index contributed by atoms with van der Waals surface area (Å²) in [6.07, 6.45) is 0. The molecule has 1 heterocycles. The van der Waals surface area contributed by atoms with Crippen molar-refractivity contribution in [3.8, 4) is 11.8 Å². The van der Waals surface area contributed by atoms with E-state index in [9.17, 15) is 4.79 Å². The molecule has 0 aromatic carbocycles. The molecule has 3 N–H and O–H groups in total. The van der Waals surface area contributed by atoms with E-state index < -0.39 is 0 Å². The maximum absolute atomic E-state index is 11.9. The van der Waals surface area contributed by atoms with Gasteiger partial charge in [-0.3, -0.25) is 4.79 Å². The Morgan fingerprint density at radius 1 is 1.53 bits per heavy atom. The first kappa shape index (κ1) is 13.8. The zero-order chi connectivity index (χ0) is 12.9. The van der Waals surface area contributed by atoms with Gasteiger partial charge in [0.2, 0.25) is 0 Å². The molecule has 1 rings (SSSR count). The molecule has 1 amide bonds. The van der Waals surface area contributed by atoms with Crippen LogP contribution in [0, 0.1) is 17.3 Å². The van der Waals surface area contributed by atoms with Crippen molar-refractivity contribution in [2.75, 3.05) is 13.1 Å². The summed E-state index contributed by atoms with van der Waals surface area (Å²) in [5, 5.41) is 4.78. The normalized spacial score (nSPS) is 10.6. The number of rotatable bonds is 2. The van der Waals surface area contributed by atoms with Gasteiger partial charge in [-0.1, -0.05) is 32.6 Å². The third kappa shape index (κ3) is 4.59. The Morgan fingerprint density at radius 3 is 2.82 bits per heavy atom. The van der Waals surface area contributed by atoms with Gasteiger partial charge in [0.05, 0.1) is 6.54 Å². The Balaban J connectivity index is 2.73. The maximum atomic E-state index is 11.9. The third-order valence-electron chi connectivity index (χ3n) is 1.98. The summed E-state index contributed by atoms with van der Waals surface area (Å²) >= 11 is 1.40. The van der Waals surface area contributed by atoms with Crippen LogP contribution in [-0.4, -0.2) is 19.0 Å². The van der Waals surface area contributed by atoms with Crippen molar-refractivity contribution in [3.05, 3.63) is 21.9 Å². The van der Waals surface area contributed by atoms with Crippen LogP contribution in [0.15, 0.2) is 11.4 Å². The lowest BCUT2D eigenvalue weighted by molar-refractivity contribution is 0.0943. The van der Waals surface area contributed by atoms with E-state index >= 15 is 0 Å². The van der Waals surface area contributed by atoms with E-state index in [1.807, 2.05) is 11.4 Å². The molecule has 0 radical (unpaired) electrons. The second-order valence-electron chi connectivity index (χ2n) is 4.91. The molecular weight excluding hydrogens is 232 g/mol. The number of hydrogen-bond donors (Lipinski definition) is 2. The molecule has 0 atom stereocenters. The minimum absolute atomic E-state index is 0.0590. The van der Waals surface area contributed by atoms with E-state index in [0.717, 1.165) is 5.56 Å². The molecular formula is C13H18N2OS. The van der Waals surface area contributed by atoms with E-state index in [-0.39, 0.29) is 11.3 Å². The highest BCUT2D eigenvalue weighted by atomic mass is 32.1. The Hall–Kier alpha value is -1.31. The molecule has 0 unspecified atom stereocenters. The zero-order valence-corrected chi connectivity index (χ0v) is 11.3. The van der Waals surface area contributed by atoms with Gasteiger partial charge in [0.15, 0.2) is 0 Å². The Kier molecular flexibility index (Phi) is 4.73. The molecule has 0 aliphatic carbocycles. The van der Waals surface area contributed by atoms with Crippen molar-refractivity contribution in [1.29, 1.82) is 0 Å². The predicted octanol–water partition coefficient (Wildman–Crippen LogP) is 1.83. The molecule has 0 spiro atoms. The van der Waals surface area contributed by atoms with Crippen molar-refractivity contribution < 1.29 is 4.79 Å². The molecule has 4 heteroatoms. The summed E-state index contributed by atoms with van der Waals surface area (Å²) in [6, 6.07) is 1.85. The van der Waals surface area contributed by atoms with Crippen molar-refractivity contribution in [3.63, 3.8) is 0 Å². The first-order valence-corrected chi connectivity index (χ1v) is 6.36.